The largest absolute Gasteiger partial charge is 0.416 e. The number of nitrogens with one attached hydrogen (secondary N) is 1. The zero-order chi connectivity index (χ0) is 21.5. The van der Waals surface area contributed by atoms with Crippen LogP contribution in [0.1, 0.15) is 15.9 Å². The molecule has 0 atom stereocenters. The molecular formula is C19H11ClF3N5O2. The van der Waals surface area contributed by atoms with E-state index in [1.807, 2.05) is 0 Å². The summed E-state index contributed by atoms with van der Waals surface area (Å²) in [5.41, 5.74) is 1.61. The monoisotopic (exact) mass is 433 g/mol. The fraction of sp³-hybridized carbons (Fsp3) is 0.0526. The van der Waals surface area contributed by atoms with Gasteiger partial charge in [0.25, 0.3) is 11.5 Å². The average molecular weight is 434 g/mol. The molecule has 0 spiro atoms. The van der Waals surface area contributed by atoms with Gasteiger partial charge in [-0.25, -0.2) is 14.3 Å². The number of carbonyl (C=O) groups is 1. The van der Waals surface area contributed by atoms with Gasteiger partial charge in [-0.15, -0.1) is 0 Å². The molecule has 2 heterocycles. The van der Waals surface area contributed by atoms with E-state index in [1.165, 1.54) is 10.9 Å². The van der Waals surface area contributed by atoms with E-state index in [0.717, 1.165) is 35.3 Å². The fourth-order valence-corrected chi connectivity index (χ4v) is 2.96. The summed E-state index contributed by atoms with van der Waals surface area (Å²) in [7, 11) is 0. The quantitative estimate of drug-likeness (QED) is 0.535. The lowest BCUT2D eigenvalue weighted by Gasteiger charge is -2.10. The van der Waals surface area contributed by atoms with Crippen LogP contribution in [0.15, 0.2) is 65.8 Å². The molecule has 0 aliphatic heterocycles. The molecule has 152 valence electrons. The number of hydrogen-bond acceptors (Lipinski definition) is 4. The highest BCUT2D eigenvalue weighted by Crippen LogP contribution is 2.29. The average Bonchev–Trinajstić information content (AvgIpc) is 3.14. The van der Waals surface area contributed by atoms with Crippen LogP contribution in [-0.2, 0) is 6.18 Å². The molecule has 0 bridgehead atoms. The number of nitrogens with zero attached hydrogens (tertiary/aromatic N) is 4. The molecule has 0 saturated carbocycles. The van der Waals surface area contributed by atoms with Crippen molar-refractivity contribution in [2.24, 2.45) is 0 Å². The first-order valence-electron chi connectivity index (χ1n) is 8.44. The van der Waals surface area contributed by atoms with E-state index >= 15 is 0 Å². The van der Waals surface area contributed by atoms with Crippen molar-refractivity contribution in [3.63, 3.8) is 0 Å². The molecule has 0 unspecified atom stereocenters. The second-order valence-electron chi connectivity index (χ2n) is 6.21. The van der Waals surface area contributed by atoms with E-state index in [4.69, 9.17) is 11.6 Å². The van der Waals surface area contributed by atoms with Gasteiger partial charge >= 0.3 is 6.18 Å². The standard InChI is InChI=1S/C19H11ClF3N5O2/c20-13-2-1-3-14(8-13)28-16-15(9-25-28)18(30)27(10-24-16)26-17(29)11-4-6-12(7-5-11)19(21,22)23/h1-10H,(H,26,29). The Hall–Kier alpha value is -3.66. The summed E-state index contributed by atoms with van der Waals surface area (Å²) in [4.78, 5) is 29.1. The predicted molar refractivity (Wildman–Crippen MR) is 103 cm³/mol. The van der Waals surface area contributed by atoms with Crippen LogP contribution in [-0.4, -0.2) is 25.3 Å². The first kappa shape index (κ1) is 19.6. The van der Waals surface area contributed by atoms with Crippen molar-refractivity contribution < 1.29 is 18.0 Å². The Bertz CT molecular complexity index is 1310. The molecule has 7 nitrogen and oxygen atoms in total. The van der Waals surface area contributed by atoms with Crippen molar-refractivity contribution in [1.29, 1.82) is 0 Å². The molecule has 4 rings (SSSR count). The molecule has 0 aliphatic carbocycles. The van der Waals surface area contributed by atoms with Crippen LogP contribution in [0, 0.1) is 0 Å². The third-order valence-electron chi connectivity index (χ3n) is 4.24. The molecule has 0 radical (unpaired) electrons. The van der Waals surface area contributed by atoms with Gasteiger partial charge in [0, 0.05) is 10.6 Å². The van der Waals surface area contributed by atoms with E-state index in [0.29, 0.717) is 10.7 Å². The summed E-state index contributed by atoms with van der Waals surface area (Å²) in [5, 5.41) is 4.75. The molecule has 2 aromatic heterocycles. The van der Waals surface area contributed by atoms with Gasteiger partial charge in [0.2, 0.25) is 0 Å². The molecule has 2 aromatic carbocycles. The number of benzene rings is 2. The zero-order valence-electron chi connectivity index (χ0n) is 14.9. The topological polar surface area (TPSA) is 81.8 Å². The Morgan fingerprint density at radius 1 is 1.10 bits per heavy atom. The van der Waals surface area contributed by atoms with Gasteiger partial charge in [-0.3, -0.25) is 15.0 Å². The van der Waals surface area contributed by atoms with Crippen LogP contribution in [0.3, 0.4) is 0 Å². The number of fused-ring (bicyclic) bond motifs is 1. The van der Waals surface area contributed by atoms with E-state index in [9.17, 15) is 22.8 Å². The molecule has 1 N–H and O–H groups in total. The third kappa shape index (κ3) is 3.64. The van der Waals surface area contributed by atoms with Gasteiger partial charge in [-0.05, 0) is 42.5 Å². The Labute approximate surface area is 171 Å². The highest BCUT2D eigenvalue weighted by Gasteiger charge is 2.30. The Morgan fingerprint density at radius 2 is 1.83 bits per heavy atom. The van der Waals surface area contributed by atoms with Gasteiger partial charge in [-0.2, -0.15) is 18.3 Å². The maximum Gasteiger partial charge on any atom is 0.416 e. The van der Waals surface area contributed by atoms with Crippen LogP contribution in [0.2, 0.25) is 5.02 Å². The van der Waals surface area contributed by atoms with Crippen molar-refractivity contribution in [1.82, 2.24) is 19.4 Å². The number of rotatable bonds is 3. The van der Waals surface area contributed by atoms with Crippen LogP contribution in [0.4, 0.5) is 13.2 Å². The second kappa shape index (κ2) is 7.30. The Morgan fingerprint density at radius 3 is 2.50 bits per heavy atom. The fourth-order valence-electron chi connectivity index (χ4n) is 2.77. The van der Waals surface area contributed by atoms with Crippen LogP contribution in [0.25, 0.3) is 16.7 Å². The van der Waals surface area contributed by atoms with Crippen LogP contribution < -0.4 is 11.0 Å². The summed E-state index contributed by atoms with van der Waals surface area (Å²) in [6.07, 6.45) is -2.12. The summed E-state index contributed by atoms with van der Waals surface area (Å²) >= 11 is 5.98. The Balaban J connectivity index is 1.63. The summed E-state index contributed by atoms with van der Waals surface area (Å²) in [6, 6.07) is 10.4. The Kier molecular flexibility index (Phi) is 4.78. The maximum atomic E-state index is 12.7. The van der Waals surface area contributed by atoms with Gasteiger partial charge in [0.15, 0.2) is 5.65 Å². The van der Waals surface area contributed by atoms with E-state index in [-0.39, 0.29) is 16.6 Å². The highest BCUT2D eigenvalue weighted by molar-refractivity contribution is 6.30. The molecule has 0 saturated heterocycles. The highest BCUT2D eigenvalue weighted by atomic mass is 35.5. The van der Waals surface area contributed by atoms with Gasteiger partial charge in [-0.1, -0.05) is 17.7 Å². The van der Waals surface area contributed by atoms with E-state index < -0.39 is 23.2 Å². The second-order valence-corrected chi connectivity index (χ2v) is 6.65. The third-order valence-corrected chi connectivity index (χ3v) is 4.47. The van der Waals surface area contributed by atoms with Gasteiger partial charge in [0.1, 0.15) is 11.7 Å². The SMILES string of the molecule is O=C(Nn1cnc2c(cnn2-c2cccc(Cl)c2)c1=O)c1ccc(C(F)(F)F)cc1. The summed E-state index contributed by atoms with van der Waals surface area (Å²) < 4.78 is 40.2. The first-order chi connectivity index (χ1) is 14.2. The van der Waals surface area contributed by atoms with Crippen molar-refractivity contribution in [3.05, 3.63) is 87.6 Å². The predicted octanol–water partition coefficient (Wildman–Crippen LogP) is 3.64. The number of halogens is 4. The molecule has 4 aromatic rings. The van der Waals surface area contributed by atoms with Gasteiger partial charge in [0.05, 0.1) is 17.4 Å². The number of amides is 1. The van der Waals surface area contributed by atoms with Crippen molar-refractivity contribution in [3.8, 4) is 5.69 Å². The van der Waals surface area contributed by atoms with Crippen LogP contribution in [0.5, 0.6) is 0 Å². The molecule has 30 heavy (non-hydrogen) atoms. The lowest BCUT2D eigenvalue weighted by molar-refractivity contribution is -0.137. The van der Waals surface area contributed by atoms with E-state index in [1.54, 1.807) is 24.3 Å². The first-order valence-corrected chi connectivity index (χ1v) is 8.82. The smallest absolute Gasteiger partial charge is 0.267 e. The van der Waals surface area contributed by atoms with Crippen molar-refractivity contribution >= 4 is 28.5 Å². The number of hydrogen-bond donors (Lipinski definition) is 1. The minimum Gasteiger partial charge on any atom is -0.267 e. The molecule has 0 aliphatic rings. The maximum absolute atomic E-state index is 12.7. The number of alkyl halides is 3. The zero-order valence-corrected chi connectivity index (χ0v) is 15.6. The molecule has 0 fully saturated rings. The van der Waals surface area contributed by atoms with Crippen LogP contribution >= 0.6 is 11.6 Å². The normalized spacial score (nSPS) is 11.6. The summed E-state index contributed by atoms with van der Waals surface area (Å²) in [5.74, 6) is -0.769. The van der Waals surface area contributed by atoms with E-state index in [2.05, 4.69) is 15.5 Å². The lowest BCUT2D eigenvalue weighted by Crippen LogP contribution is -2.33. The molecule has 11 heteroatoms. The minimum absolute atomic E-state index is 0.0513. The summed E-state index contributed by atoms with van der Waals surface area (Å²) in [6.45, 7) is 0. The number of carbonyl (C=O) groups excluding carboxylic acids is 1. The molecular weight excluding hydrogens is 423 g/mol. The minimum atomic E-state index is -4.51. The van der Waals surface area contributed by atoms with Gasteiger partial charge < -0.3 is 0 Å². The lowest BCUT2D eigenvalue weighted by atomic mass is 10.1. The van der Waals surface area contributed by atoms with Crippen molar-refractivity contribution in [2.45, 2.75) is 6.18 Å². The van der Waals surface area contributed by atoms with Crippen molar-refractivity contribution in [2.75, 3.05) is 5.43 Å². The number of aromatic nitrogens is 4. The molecule has 1 amide bonds.